The first-order valence-corrected chi connectivity index (χ1v) is 5.78. The Morgan fingerprint density at radius 2 is 1.80 bits per heavy atom. The van der Waals surface area contributed by atoms with E-state index in [4.69, 9.17) is 0 Å². The summed E-state index contributed by atoms with van der Waals surface area (Å²) in [6.07, 6.45) is 4.25. The van der Waals surface area contributed by atoms with Crippen molar-refractivity contribution in [1.29, 1.82) is 0 Å². The zero-order valence-corrected chi connectivity index (χ0v) is 9.71. The fraction of sp³-hybridized carbons (Fsp3) is 0.154. The first-order chi connectivity index (χ1) is 7.25. The maximum absolute atomic E-state index is 4.21. The van der Waals surface area contributed by atoms with Crippen LogP contribution in [0.2, 0.25) is 0 Å². The summed E-state index contributed by atoms with van der Waals surface area (Å²) in [7, 11) is 0. The van der Waals surface area contributed by atoms with E-state index in [1.165, 1.54) is 16.0 Å². The predicted molar refractivity (Wildman–Crippen MR) is 67.0 cm³/mol. The molecule has 2 aromatic rings. The van der Waals surface area contributed by atoms with E-state index in [1.54, 1.807) is 11.3 Å². The van der Waals surface area contributed by atoms with Gasteiger partial charge in [-0.25, -0.2) is 4.98 Å². The molecule has 2 rings (SSSR count). The molecule has 1 heterocycles. The van der Waals surface area contributed by atoms with Crippen LogP contribution in [-0.2, 0) is 0 Å². The van der Waals surface area contributed by atoms with Gasteiger partial charge in [-0.1, -0.05) is 35.9 Å². The van der Waals surface area contributed by atoms with E-state index in [0.29, 0.717) is 0 Å². The zero-order chi connectivity index (χ0) is 10.7. The predicted octanol–water partition coefficient (Wildman–Crippen LogP) is 3.93. The Labute approximate surface area is 94.1 Å². The molecule has 1 aromatic carbocycles. The molecule has 0 radical (unpaired) electrons. The van der Waals surface area contributed by atoms with Crippen molar-refractivity contribution in [2.75, 3.05) is 0 Å². The van der Waals surface area contributed by atoms with Gasteiger partial charge in [0.05, 0.1) is 11.2 Å². The highest BCUT2D eigenvalue weighted by Crippen LogP contribution is 2.16. The van der Waals surface area contributed by atoms with Gasteiger partial charge in [-0.05, 0) is 25.5 Å². The van der Waals surface area contributed by atoms with Crippen LogP contribution in [0.25, 0.3) is 12.2 Å². The fourth-order valence-corrected chi connectivity index (χ4v) is 2.01. The standard InChI is InChI=1S/C13H13NS/c1-10-3-5-12(6-4-10)7-8-13-11(2)14-9-15-13/h3-9H,1-2H3/b8-7+. The van der Waals surface area contributed by atoms with Gasteiger partial charge in [0.2, 0.25) is 0 Å². The number of aryl methyl sites for hydroxylation is 2. The second-order valence-corrected chi connectivity index (χ2v) is 4.43. The van der Waals surface area contributed by atoms with Crippen LogP contribution in [-0.4, -0.2) is 4.98 Å². The molecule has 15 heavy (non-hydrogen) atoms. The average Bonchev–Trinajstić information content (AvgIpc) is 2.63. The lowest BCUT2D eigenvalue weighted by Gasteiger charge is -1.94. The second kappa shape index (κ2) is 4.41. The summed E-state index contributed by atoms with van der Waals surface area (Å²) in [4.78, 5) is 5.44. The maximum atomic E-state index is 4.21. The molecular formula is C13H13NS. The van der Waals surface area contributed by atoms with Gasteiger partial charge < -0.3 is 0 Å². The summed E-state index contributed by atoms with van der Waals surface area (Å²) in [6.45, 7) is 4.13. The molecule has 0 aliphatic heterocycles. The van der Waals surface area contributed by atoms with Gasteiger partial charge in [0.25, 0.3) is 0 Å². The van der Waals surface area contributed by atoms with Gasteiger partial charge in [0.15, 0.2) is 0 Å². The van der Waals surface area contributed by atoms with Crippen LogP contribution in [0.1, 0.15) is 21.7 Å². The molecule has 0 saturated carbocycles. The molecule has 0 amide bonds. The Kier molecular flexibility index (Phi) is 2.97. The fourth-order valence-electron chi connectivity index (χ4n) is 1.32. The van der Waals surface area contributed by atoms with Crippen molar-refractivity contribution >= 4 is 23.5 Å². The van der Waals surface area contributed by atoms with Crippen molar-refractivity contribution in [3.05, 3.63) is 51.5 Å². The van der Waals surface area contributed by atoms with E-state index in [-0.39, 0.29) is 0 Å². The minimum Gasteiger partial charge on any atom is -0.249 e. The Hall–Kier alpha value is -1.41. The molecule has 0 unspecified atom stereocenters. The SMILES string of the molecule is Cc1ccc(/C=C/c2scnc2C)cc1. The van der Waals surface area contributed by atoms with E-state index in [1.807, 2.05) is 12.4 Å². The van der Waals surface area contributed by atoms with Gasteiger partial charge >= 0.3 is 0 Å². The Morgan fingerprint density at radius 3 is 2.40 bits per heavy atom. The highest BCUT2D eigenvalue weighted by Gasteiger charge is 1.95. The normalized spacial score (nSPS) is 11.1. The van der Waals surface area contributed by atoms with Crippen molar-refractivity contribution in [1.82, 2.24) is 4.98 Å². The van der Waals surface area contributed by atoms with Gasteiger partial charge in [0.1, 0.15) is 0 Å². The van der Waals surface area contributed by atoms with E-state index >= 15 is 0 Å². The van der Waals surface area contributed by atoms with Crippen molar-refractivity contribution < 1.29 is 0 Å². The Bertz CT molecular complexity index is 466. The Balaban J connectivity index is 2.19. The number of benzene rings is 1. The van der Waals surface area contributed by atoms with Gasteiger partial charge in [-0.3, -0.25) is 0 Å². The van der Waals surface area contributed by atoms with Gasteiger partial charge in [-0.15, -0.1) is 11.3 Å². The number of hydrogen-bond donors (Lipinski definition) is 0. The molecule has 0 saturated heterocycles. The first kappa shape index (κ1) is 10.1. The van der Waals surface area contributed by atoms with Crippen LogP contribution in [0.4, 0.5) is 0 Å². The molecule has 0 aliphatic rings. The summed E-state index contributed by atoms with van der Waals surface area (Å²) >= 11 is 1.67. The van der Waals surface area contributed by atoms with Crippen molar-refractivity contribution in [2.24, 2.45) is 0 Å². The van der Waals surface area contributed by atoms with Crippen LogP contribution < -0.4 is 0 Å². The lowest BCUT2D eigenvalue weighted by molar-refractivity contribution is 1.26. The first-order valence-electron chi connectivity index (χ1n) is 4.90. The van der Waals surface area contributed by atoms with Crippen LogP contribution in [0.5, 0.6) is 0 Å². The molecule has 0 spiro atoms. The molecule has 0 fully saturated rings. The van der Waals surface area contributed by atoms with Crippen molar-refractivity contribution in [3.63, 3.8) is 0 Å². The van der Waals surface area contributed by atoms with Gasteiger partial charge in [-0.2, -0.15) is 0 Å². The third kappa shape index (κ3) is 2.54. The summed E-state index contributed by atoms with van der Waals surface area (Å²) in [6, 6.07) is 8.50. The molecule has 0 aliphatic carbocycles. The summed E-state index contributed by atoms with van der Waals surface area (Å²) in [5.74, 6) is 0. The number of hydrogen-bond acceptors (Lipinski definition) is 2. The van der Waals surface area contributed by atoms with Crippen molar-refractivity contribution in [2.45, 2.75) is 13.8 Å². The molecule has 2 heteroatoms. The minimum atomic E-state index is 1.10. The number of thiazole rings is 1. The van der Waals surface area contributed by atoms with E-state index < -0.39 is 0 Å². The monoisotopic (exact) mass is 215 g/mol. The molecule has 0 bridgehead atoms. The summed E-state index contributed by atoms with van der Waals surface area (Å²) < 4.78 is 0. The third-order valence-corrected chi connectivity index (χ3v) is 3.18. The summed E-state index contributed by atoms with van der Waals surface area (Å²) in [5, 5.41) is 0. The molecule has 76 valence electrons. The second-order valence-electron chi connectivity index (χ2n) is 3.55. The van der Waals surface area contributed by atoms with Crippen LogP contribution in [0.3, 0.4) is 0 Å². The van der Waals surface area contributed by atoms with Gasteiger partial charge in [0, 0.05) is 4.88 Å². The van der Waals surface area contributed by atoms with Crippen LogP contribution >= 0.6 is 11.3 Å². The lowest BCUT2D eigenvalue weighted by atomic mass is 10.1. The topological polar surface area (TPSA) is 12.9 Å². The third-order valence-electron chi connectivity index (χ3n) is 2.29. The quantitative estimate of drug-likeness (QED) is 0.739. The van der Waals surface area contributed by atoms with E-state index in [9.17, 15) is 0 Å². The zero-order valence-electron chi connectivity index (χ0n) is 8.90. The van der Waals surface area contributed by atoms with Crippen LogP contribution in [0.15, 0.2) is 29.8 Å². The minimum absolute atomic E-state index is 1.10. The smallest absolute Gasteiger partial charge is 0.0801 e. The molecule has 0 atom stereocenters. The summed E-state index contributed by atoms with van der Waals surface area (Å²) in [5.41, 5.74) is 5.50. The highest BCUT2D eigenvalue weighted by atomic mass is 32.1. The number of rotatable bonds is 2. The Morgan fingerprint density at radius 1 is 1.07 bits per heavy atom. The molecular weight excluding hydrogens is 202 g/mol. The maximum Gasteiger partial charge on any atom is 0.0801 e. The molecule has 1 aromatic heterocycles. The largest absolute Gasteiger partial charge is 0.249 e. The van der Waals surface area contributed by atoms with Crippen molar-refractivity contribution in [3.8, 4) is 0 Å². The number of nitrogens with zero attached hydrogens (tertiary/aromatic N) is 1. The molecule has 0 N–H and O–H groups in total. The molecule has 1 nitrogen and oxygen atoms in total. The van der Waals surface area contributed by atoms with E-state index in [0.717, 1.165) is 5.69 Å². The van der Waals surface area contributed by atoms with Crippen LogP contribution in [0, 0.1) is 13.8 Å². The lowest BCUT2D eigenvalue weighted by Crippen LogP contribution is -1.74. The highest BCUT2D eigenvalue weighted by molar-refractivity contribution is 7.10. The number of aromatic nitrogens is 1. The average molecular weight is 215 g/mol. The van der Waals surface area contributed by atoms with E-state index in [2.05, 4.69) is 48.3 Å².